The van der Waals surface area contributed by atoms with Crippen molar-refractivity contribution in [1.82, 2.24) is 24.5 Å². The Labute approximate surface area is 220 Å². The van der Waals surface area contributed by atoms with Crippen LogP contribution in [0, 0.1) is 11.3 Å². The average molecular weight is 512 g/mol. The van der Waals surface area contributed by atoms with Gasteiger partial charge in [0.1, 0.15) is 11.9 Å². The van der Waals surface area contributed by atoms with E-state index in [2.05, 4.69) is 56.5 Å². The molecular weight excluding hydrogens is 482 g/mol. The molecule has 2 unspecified atom stereocenters. The quantitative estimate of drug-likeness (QED) is 0.351. The third-order valence-corrected chi connectivity index (χ3v) is 8.10. The van der Waals surface area contributed by atoms with Gasteiger partial charge in [-0.3, -0.25) is 4.90 Å². The van der Waals surface area contributed by atoms with Crippen LogP contribution in [0.5, 0.6) is 5.88 Å². The highest BCUT2D eigenvalue weighted by atomic mass is 32.2. The zero-order valence-electron chi connectivity index (χ0n) is 21.0. The number of thioether (sulfide) groups is 1. The Morgan fingerprint density at radius 2 is 1.95 bits per heavy atom. The molecule has 0 aliphatic carbocycles. The third kappa shape index (κ3) is 4.52. The Balaban J connectivity index is 1.19. The fourth-order valence-corrected chi connectivity index (χ4v) is 5.98. The summed E-state index contributed by atoms with van der Waals surface area (Å²) in [5.41, 5.74) is 5.86. The van der Waals surface area contributed by atoms with Crippen LogP contribution in [0.2, 0.25) is 0 Å². The smallest absolute Gasteiger partial charge is 0.212 e. The molecule has 8 nitrogen and oxygen atoms in total. The van der Waals surface area contributed by atoms with Crippen molar-refractivity contribution < 1.29 is 4.74 Å². The summed E-state index contributed by atoms with van der Waals surface area (Å²) in [6.07, 6.45) is 11.8. The molecule has 7 rings (SSSR count). The Morgan fingerprint density at radius 1 is 1.08 bits per heavy atom. The molecule has 4 aromatic heterocycles. The van der Waals surface area contributed by atoms with Gasteiger partial charge in [0, 0.05) is 67.5 Å². The maximum atomic E-state index is 9.65. The highest BCUT2D eigenvalue weighted by Gasteiger charge is 2.44. The molecule has 3 aliphatic rings. The van der Waals surface area contributed by atoms with Crippen LogP contribution in [-0.4, -0.2) is 68.8 Å². The summed E-state index contributed by atoms with van der Waals surface area (Å²) < 4.78 is 7.02. The first-order valence-corrected chi connectivity index (χ1v) is 13.9. The maximum Gasteiger partial charge on any atom is 0.212 e. The number of ether oxygens (including phenoxy) is 1. The van der Waals surface area contributed by atoms with Gasteiger partial charge < -0.3 is 9.64 Å². The van der Waals surface area contributed by atoms with E-state index < -0.39 is 0 Å². The minimum absolute atomic E-state index is 0.528. The molecule has 2 bridgehead atoms. The van der Waals surface area contributed by atoms with Crippen LogP contribution in [0.3, 0.4) is 0 Å². The van der Waals surface area contributed by atoms with Gasteiger partial charge in [0.25, 0.3) is 0 Å². The SMILES string of the molecule is COc1ccc(CN2C3CC2CN(c2ccc(-c4cc(CCSC)cn5ncc(C#N)c45)cn2)C3)cn1. The lowest BCUT2D eigenvalue weighted by Gasteiger charge is -2.56. The molecular formula is C28H29N7OS. The molecule has 0 spiro atoms. The van der Waals surface area contributed by atoms with Crippen LogP contribution < -0.4 is 9.64 Å². The minimum atomic E-state index is 0.528. The summed E-state index contributed by atoms with van der Waals surface area (Å²) in [6.45, 7) is 2.87. The number of anilines is 1. The van der Waals surface area contributed by atoms with Gasteiger partial charge in [-0.15, -0.1) is 0 Å². The zero-order valence-corrected chi connectivity index (χ0v) is 21.9. The molecule has 0 amide bonds. The van der Waals surface area contributed by atoms with Crippen molar-refractivity contribution in [2.75, 3.05) is 37.1 Å². The Kier molecular flexibility index (Phi) is 6.45. The molecule has 3 fully saturated rings. The van der Waals surface area contributed by atoms with E-state index in [0.29, 0.717) is 23.5 Å². The normalized spacial score (nSPS) is 19.0. The van der Waals surface area contributed by atoms with Gasteiger partial charge in [0.15, 0.2) is 0 Å². The van der Waals surface area contributed by atoms with Crippen molar-refractivity contribution in [3.63, 3.8) is 0 Å². The first kappa shape index (κ1) is 23.8. The average Bonchev–Trinajstić information content (AvgIpc) is 3.38. The van der Waals surface area contributed by atoms with Crippen LogP contribution in [0.25, 0.3) is 16.6 Å². The van der Waals surface area contributed by atoms with Crippen LogP contribution in [0.15, 0.2) is 55.1 Å². The maximum absolute atomic E-state index is 9.65. The van der Waals surface area contributed by atoms with Crippen LogP contribution in [0.4, 0.5) is 5.82 Å². The topological polar surface area (TPSA) is 82.6 Å². The molecule has 0 saturated carbocycles. The number of hydrogen-bond acceptors (Lipinski definition) is 8. The monoisotopic (exact) mass is 511 g/mol. The summed E-state index contributed by atoms with van der Waals surface area (Å²) >= 11 is 1.83. The van der Waals surface area contributed by atoms with E-state index in [4.69, 9.17) is 9.72 Å². The Morgan fingerprint density at radius 3 is 2.62 bits per heavy atom. The van der Waals surface area contributed by atoms with Crippen molar-refractivity contribution in [2.24, 2.45) is 0 Å². The summed E-state index contributed by atoms with van der Waals surface area (Å²) in [5, 5.41) is 14.1. The van der Waals surface area contributed by atoms with Crippen molar-refractivity contribution in [1.29, 1.82) is 5.26 Å². The molecule has 188 valence electrons. The number of aryl methyl sites for hydroxylation is 1. The van der Waals surface area contributed by atoms with E-state index in [1.54, 1.807) is 13.3 Å². The zero-order chi connectivity index (χ0) is 25.4. The van der Waals surface area contributed by atoms with Crippen molar-refractivity contribution in [3.05, 3.63) is 71.8 Å². The minimum Gasteiger partial charge on any atom is -0.481 e. The largest absolute Gasteiger partial charge is 0.481 e. The highest BCUT2D eigenvalue weighted by Crippen LogP contribution is 2.36. The number of methoxy groups -OCH3 is 1. The second-order valence-electron chi connectivity index (χ2n) is 9.70. The Bertz CT molecular complexity index is 1430. The summed E-state index contributed by atoms with van der Waals surface area (Å²) in [6, 6.07) is 13.8. The molecule has 0 radical (unpaired) electrons. The fraction of sp³-hybridized carbons (Fsp3) is 0.357. The second-order valence-corrected chi connectivity index (χ2v) is 10.7. The first-order chi connectivity index (χ1) is 18.2. The number of pyridine rings is 3. The van der Waals surface area contributed by atoms with E-state index in [-0.39, 0.29) is 0 Å². The van der Waals surface area contributed by atoms with Gasteiger partial charge in [0.05, 0.1) is 24.4 Å². The molecule has 3 saturated heterocycles. The van der Waals surface area contributed by atoms with E-state index in [1.807, 2.05) is 40.9 Å². The predicted molar refractivity (Wildman–Crippen MR) is 146 cm³/mol. The standard InChI is InChI=1S/C28H29N7OS/c1-36-27-6-3-20(12-31-27)15-34-23-10-24(34)18-33(17-23)26-5-4-21(13-30-26)25-9-19(7-8-37-2)16-35-28(25)22(11-29)14-32-35/h3-6,9,12-14,16,23-24H,7-8,10,15,17-18H2,1-2H3. The van der Waals surface area contributed by atoms with Gasteiger partial charge in [-0.1, -0.05) is 6.07 Å². The molecule has 0 aromatic carbocycles. The number of nitriles is 1. The number of hydrogen-bond donors (Lipinski definition) is 0. The second kappa shape index (κ2) is 10.0. The third-order valence-electron chi connectivity index (χ3n) is 7.48. The number of piperazine rings is 1. The van der Waals surface area contributed by atoms with Gasteiger partial charge in [0.2, 0.25) is 5.88 Å². The summed E-state index contributed by atoms with van der Waals surface area (Å²) in [7, 11) is 1.64. The fourth-order valence-electron chi connectivity index (χ4n) is 5.54. The van der Waals surface area contributed by atoms with Crippen molar-refractivity contribution in [2.45, 2.75) is 31.5 Å². The number of piperidine rings is 1. The van der Waals surface area contributed by atoms with Gasteiger partial charge >= 0.3 is 0 Å². The molecule has 4 aromatic rings. The van der Waals surface area contributed by atoms with Crippen molar-refractivity contribution in [3.8, 4) is 23.1 Å². The number of nitrogens with zero attached hydrogens (tertiary/aromatic N) is 7. The molecule has 3 aliphatic heterocycles. The van der Waals surface area contributed by atoms with Crippen LogP contribution in [0.1, 0.15) is 23.1 Å². The number of rotatable bonds is 8. The van der Waals surface area contributed by atoms with Gasteiger partial charge in [-0.25, -0.2) is 14.5 Å². The highest BCUT2D eigenvalue weighted by molar-refractivity contribution is 7.98. The van der Waals surface area contributed by atoms with E-state index in [9.17, 15) is 5.26 Å². The van der Waals surface area contributed by atoms with Gasteiger partial charge in [-0.2, -0.15) is 22.1 Å². The van der Waals surface area contributed by atoms with Crippen LogP contribution in [-0.2, 0) is 13.0 Å². The molecule has 7 heterocycles. The lowest BCUT2D eigenvalue weighted by atomic mass is 9.87. The first-order valence-electron chi connectivity index (χ1n) is 12.5. The van der Waals surface area contributed by atoms with Gasteiger partial charge in [-0.05, 0) is 54.2 Å². The number of fused-ring (bicyclic) bond motifs is 3. The lowest BCUT2D eigenvalue weighted by molar-refractivity contribution is -0.00876. The molecule has 9 heteroatoms. The van der Waals surface area contributed by atoms with E-state index >= 15 is 0 Å². The Hall–Kier alpha value is -3.61. The molecule has 37 heavy (non-hydrogen) atoms. The lowest BCUT2D eigenvalue weighted by Crippen LogP contribution is -2.68. The van der Waals surface area contributed by atoms with Crippen LogP contribution >= 0.6 is 11.8 Å². The van der Waals surface area contributed by atoms with Crippen molar-refractivity contribution >= 4 is 23.1 Å². The predicted octanol–water partition coefficient (Wildman–Crippen LogP) is 4.04. The molecule has 2 atom stereocenters. The number of aromatic nitrogens is 4. The van der Waals surface area contributed by atoms with E-state index in [0.717, 1.165) is 54.3 Å². The molecule has 0 N–H and O–H groups in total. The summed E-state index contributed by atoms with van der Waals surface area (Å²) in [5.74, 6) is 2.70. The summed E-state index contributed by atoms with van der Waals surface area (Å²) in [4.78, 5) is 14.2. The van der Waals surface area contributed by atoms with E-state index in [1.165, 1.54) is 17.5 Å².